The van der Waals surface area contributed by atoms with Crippen LogP contribution in [0, 0.1) is 0 Å². The van der Waals surface area contributed by atoms with Gasteiger partial charge in [0, 0.05) is 19.0 Å². The highest BCUT2D eigenvalue weighted by atomic mass is 79.9. The molecule has 0 radical (unpaired) electrons. The van der Waals surface area contributed by atoms with Gasteiger partial charge in [-0.15, -0.1) is 0 Å². The number of nitrogens with zero attached hydrogens (tertiary/aromatic N) is 2. The van der Waals surface area contributed by atoms with Crippen LogP contribution in [0.3, 0.4) is 0 Å². The van der Waals surface area contributed by atoms with Crippen LogP contribution in [-0.4, -0.2) is 16.7 Å². The van der Waals surface area contributed by atoms with Crippen molar-refractivity contribution in [2.75, 3.05) is 12.8 Å². The molecule has 0 saturated heterocycles. The number of ether oxygens (including phenoxy) is 1. The topological polar surface area (TPSA) is 53.1 Å². The van der Waals surface area contributed by atoms with Gasteiger partial charge in [-0.25, -0.2) is 4.98 Å². The molecule has 0 aliphatic heterocycles. The summed E-state index contributed by atoms with van der Waals surface area (Å²) < 4.78 is 8.08. The average Bonchev–Trinajstić information content (AvgIpc) is 2.67. The van der Waals surface area contributed by atoms with Crippen LogP contribution in [0.1, 0.15) is 19.2 Å². The van der Waals surface area contributed by atoms with Crippen molar-refractivity contribution in [3.63, 3.8) is 0 Å². The minimum absolute atomic E-state index is 0.695. The number of nitrogens with two attached hydrogens (primary N) is 1. The molecule has 0 amide bonds. The van der Waals surface area contributed by atoms with Gasteiger partial charge in [0.25, 0.3) is 0 Å². The summed E-state index contributed by atoms with van der Waals surface area (Å²) in [4.78, 5) is 4.64. The number of nitrogen functional groups attached to an aromatic ring is 1. The number of rotatable bonds is 4. The molecule has 0 saturated carbocycles. The minimum Gasteiger partial charge on any atom is -0.496 e. The molecular weight excluding hydrogens is 306 g/mol. The highest BCUT2D eigenvalue weighted by Crippen LogP contribution is 2.32. The van der Waals surface area contributed by atoms with E-state index in [1.54, 1.807) is 7.11 Å². The number of imidazole rings is 1. The van der Waals surface area contributed by atoms with Crippen molar-refractivity contribution in [1.82, 2.24) is 9.55 Å². The zero-order valence-corrected chi connectivity index (χ0v) is 13.0. The molecule has 0 aliphatic carbocycles. The summed E-state index contributed by atoms with van der Waals surface area (Å²) in [6.45, 7) is 2.13. The van der Waals surface area contributed by atoms with Gasteiger partial charge in [-0.3, -0.25) is 0 Å². The molecule has 102 valence electrons. The molecule has 19 heavy (non-hydrogen) atoms. The third-order valence-electron chi connectivity index (χ3n) is 3.13. The Hall–Kier alpha value is -1.49. The summed E-state index contributed by atoms with van der Waals surface area (Å²) in [5.41, 5.74) is 7.96. The predicted octanol–water partition coefficient (Wildman–Crippen LogP) is 3.39. The highest BCUT2D eigenvalue weighted by molar-refractivity contribution is 9.10. The van der Waals surface area contributed by atoms with E-state index < -0.39 is 0 Å². The van der Waals surface area contributed by atoms with E-state index in [-0.39, 0.29) is 0 Å². The molecule has 0 aliphatic rings. The van der Waals surface area contributed by atoms with Crippen molar-refractivity contribution in [2.24, 2.45) is 7.05 Å². The van der Waals surface area contributed by atoms with Crippen molar-refractivity contribution in [3.05, 3.63) is 28.5 Å². The van der Waals surface area contributed by atoms with Crippen LogP contribution in [0.2, 0.25) is 0 Å². The fourth-order valence-corrected chi connectivity index (χ4v) is 2.57. The Labute approximate surface area is 121 Å². The van der Waals surface area contributed by atoms with Gasteiger partial charge in [0.1, 0.15) is 23.1 Å². The molecule has 1 aromatic carbocycles. The highest BCUT2D eigenvalue weighted by Gasteiger charge is 2.14. The largest absolute Gasteiger partial charge is 0.496 e. The van der Waals surface area contributed by atoms with Crippen molar-refractivity contribution in [2.45, 2.75) is 19.8 Å². The molecule has 1 heterocycles. The third-order valence-corrected chi connectivity index (χ3v) is 3.75. The zero-order valence-electron chi connectivity index (χ0n) is 11.4. The number of anilines is 1. The van der Waals surface area contributed by atoms with Gasteiger partial charge in [-0.1, -0.05) is 6.92 Å². The number of benzene rings is 1. The lowest BCUT2D eigenvalue weighted by Crippen LogP contribution is -2.01. The summed E-state index contributed by atoms with van der Waals surface area (Å²) in [6, 6.07) is 5.86. The van der Waals surface area contributed by atoms with Gasteiger partial charge >= 0.3 is 0 Å². The predicted molar refractivity (Wildman–Crippen MR) is 81.3 cm³/mol. The molecule has 0 bridgehead atoms. The van der Waals surface area contributed by atoms with Crippen LogP contribution in [0.4, 0.5) is 5.82 Å². The number of halogens is 1. The maximum absolute atomic E-state index is 6.14. The van der Waals surface area contributed by atoms with E-state index >= 15 is 0 Å². The van der Waals surface area contributed by atoms with E-state index in [1.165, 1.54) is 0 Å². The van der Waals surface area contributed by atoms with E-state index in [1.807, 2.05) is 29.8 Å². The molecule has 4 nitrogen and oxygen atoms in total. The van der Waals surface area contributed by atoms with E-state index in [0.29, 0.717) is 5.82 Å². The Morgan fingerprint density at radius 3 is 2.74 bits per heavy atom. The van der Waals surface area contributed by atoms with Gasteiger partial charge < -0.3 is 15.0 Å². The van der Waals surface area contributed by atoms with Gasteiger partial charge in [0.15, 0.2) is 0 Å². The number of hydrogen-bond donors (Lipinski definition) is 1. The number of methoxy groups -OCH3 is 1. The molecule has 5 heteroatoms. The molecule has 2 rings (SSSR count). The molecule has 0 spiro atoms. The van der Waals surface area contributed by atoms with Crippen molar-refractivity contribution >= 4 is 21.7 Å². The summed E-state index contributed by atoms with van der Waals surface area (Å²) in [5, 5.41) is 0. The number of hydrogen-bond acceptors (Lipinski definition) is 3. The molecule has 0 unspecified atom stereocenters. The van der Waals surface area contributed by atoms with E-state index in [4.69, 9.17) is 10.5 Å². The third kappa shape index (κ3) is 2.61. The lowest BCUT2D eigenvalue weighted by Gasteiger charge is -2.05. The first kappa shape index (κ1) is 13.9. The normalized spacial score (nSPS) is 10.7. The Balaban J connectivity index is 2.47. The first-order valence-corrected chi connectivity index (χ1v) is 7.02. The molecule has 0 fully saturated rings. The zero-order chi connectivity index (χ0) is 14.0. The average molecular weight is 324 g/mol. The van der Waals surface area contributed by atoms with Gasteiger partial charge in [0.05, 0.1) is 11.6 Å². The smallest absolute Gasteiger partial charge is 0.133 e. The second kappa shape index (κ2) is 5.65. The maximum Gasteiger partial charge on any atom is 0.133 e. The number of aromatic nitrogens is 2. The fraction of sp³-hybridized carbons (Fsp3) is 0.357. The second-order valence-electron chi connectivity index (χ2n) is 4.42. The molecule has 1 aromatic heterocycles. The Kier molecular flexibility index (Phi) is 4.14. The Morgan fingerprint density at radius 2 is 2.16 bits per heavy atom. The van der Waals surface area contributed by atoms with Crippen LogP contribution < -0.4 is 10.5 Å². The molecule has 2 aromatic rings. The van der Waals surface area contributed by atoms with E-state index in [9.17, 15) is 0 Å². The lowest BCUT2D eigenvalue weighted by molar-refractivity contribution is 0.412. The lowest BCUT2D eigenvalue weighted by atomic mass is 10.1. The monoisotopic (exact) mass is 323 g/mol. The van der Waals surface area contributed by atoms with Crippen LogP contribution in [0.25, 0.3) is 11.3 Å². The summed E-state index contributed by atoms with van der Waals surface area (Å²) >= 11 is 3.48. The summed E-state index contributed by atoms with van der Waals surface area (Å²) in [7, 11) is 3.60. The van der Waals surface area contributed by atoms with E-state index in [0.717, 1.165) is 40.1 Å². The second-order valence-corrected chi connectivity index (χ2v) is 5.27. The molecular formula is C14H18BrN3O. The van der Waals surface area contributed by atoms with Crippen LogP contribution in [-0.2, 0) is 13.5 Å². The van der Waals surface area contributed by atoms with Crippen molar-refractivity contribution in [1.29, 1.82) is 0 Å². The van der Waals surface area contributed by atoms with Crippen LogP contribution in [0.5, 0.6) is 5.75 Å². The quantitative estimate of drug-likeness (QED) is 0.938. The first-order chi connectivity index (χ1) is 9.08. The maximum atomic E-state index is 6.14. The van der Waals surface area contributed by atoms with Crippen LogP contribution >= 0.6 is 15.9 Å². The van der Waals surface area contributed by atoms with Gasteiger partial charge in [-0.2, -0.15) is 0 Å². The van der Waals surface area contributed by atoms with Crippen LogP contribution in [0.15, 0.2) is 22.7 Å². The van der Waals surface area contributed by atoms with Crippen molar-refractivity contribution < 1.29 is 4.74 Å². The minimum atomic E-state index is 0.695. The molecule has 0 atom stereocenters. The number of aryl methyl sites for hydroxylation is 1. The Bertz CT molecular complexity index is 593. The summed E-state index contributed by atoms with van der Waals surface area (Å²) in [6.07, 6.45) is 1.98. The SMILES string of the molecule is CCCc1nc(-c2ccc(OC)c(Br)c2)c(N)n1C. The fourth-order valence-electron chi connectivity index (χ4n) is 2.03. The first-order valence-electron chi connectivity index (χ1n) is 6.23. The van der Waals surface area contributed by atoms with E-state index in [2.05, 4.69) is 27.8 Å². The Morgan fingerprint density at radius 1 is 1.42 bits per heavy atom. The summed E-state index contributed by atoms with van der Waals surface area (Å²) in [5.74, 6) is 2.51. The van der Waals surface area contributed by atoms with Gasteiger partial charge in [0.2, 0.25) is 0 Å². The van der Waals surface area contributed by atoms with Gasteiger partial charge in [-0.05, 0) is 40.5 Å². The van der Waals surface area contributed by atoms with Crippen molar-refractivity contribution in [3.8, 4) is 17.0 Å². The molecule has 2 N–H and O–H groups in total. The standard InChI is InChI=1S/C14H18BrN3O/c1-4-5-12-17-13(14(16)18(12)2)9-6-7-11(19-3)10(15)8-9/h6-8H,4-5,16H2,1-3H3.